The summed E-state index contributed by atoms with van der Waals surface area (Å²) < 4.78 is 5.27. The first-order chi connectivity index (χ1) is 8.13. The van der Waals surface area contributed by atoms with Gasteiger partial charge in [0.1, 0.15) is 5.75 Å². The molecule has 1 aliphatic rings. The van der Waals surface area contributed by atoms with E-state index in [1.165, 1.54) is 0 Å². The van der Waals surface area contributed by atoms with Crippen molar-refractivity contribution in [2.24, 2.45) is 11.8 Å². The Kier molecular flexibility index (Phi) is 3.48. The Morgan fingerprint density at radius 2 is 2.18 bits per heavy atom. The number of nitrogens with one attached hydrogen (secondary N) is 1. The largest absolute Gasteiger partial charge is 0.496 e. The number of ketones is 1. The number of benzene rings is 1. The van der Waals surface area contributed by atoms with Gasteiger partial charge < -0.3 is 10.1 Å². The van der Waals surface area contributed by atoms with E-state index < -0.39 is 0 Å². The second-order valence-electron chi connectivity index (χ2n) is 4.77. The van der Waals surface area contributed by atoms with E-state index in [0.29, 0.717) is 17.2 Å². The van der Waals surface area contributed by atoms with Crippen LogP contribution in [-0.4, -0.2) is 26.0 Å². The zero-order valence-electron chi connectivity index (χ0n) is 10.6. The lowest BCUT2D eigenvalue weighted by Gasteiger charge is -2.32. The average molecular weight is 233 g/mol. The van der Waals surface area contributed by atoms with Crippen LogP contribution in [0.15, 0.2) is 18.2 Å². The molecule has 1 aromatic rings. The van der Waals surface area contributed by atoms with Crippen molar-refractivity contribution in [2.75, 3.05) is 20.2 Å². The van der Waals surface area contributed by atoms with Crippen LogP contribution in [0.25, 0.3) is 0 Å². The van der Waals surface area contributed by atoms with Gasteiger partial charge in [-0.15, -0.1) is 0 Å². The van der Waals surface area contributed by atoms with Crippen LogP contribution in [0.1, 0.15) is 22.8 Å². The fraction of sp³-hybridized carbons (Fsp3) is 0.500. The van der Waals surface area contributed by atoms with Gasteiger partial charge >= 0.3 is 0 Å². The van der Waals surface area contributed by atoms with Crippen molar-refractivity contribution in [3.8, 4) is 5.75 Å². The second kappa shape index (κ2) is 4.88. The summed E-state index contributed by atoms with van der Waals surface area (Å²) >= 11 is 0. The van der Waals surface area contributed by atoms with Gasteiger partial charge in [-0.1, -0.05) is 18.6 Å². The van der Waals surface area contributed by atoms with Crippen LogP contribution in [-0.2, 0) is 0 Å². The van der Waals surface area contributed by atoms with Crippen LogP contribution in [0.2, 0.25) is 0 Å². The smallest absolute Gasteiger partial charge is 0.169 e. The molecule has 0 amide bonds. The third kappa shape index (κ3) is 2.34. The molecule has 1 atom stereocenters. The summed E-state index contributed by atoms with van der Waals surface area (Å²) in [4.78, 5) is 12.4. The van der Waals surface area contributed by atoms with Crippen molar-refractivity contribution in [3.63, 3.8) is 0 Å². The first-order valence-electron chi connectivity index (χ1n) is 6.03. The predicted octanol–water partition coefficient (Wildman–Crippen LogP) is 2.04. The number of hydrogen-bond donors (Lipinski definition) is 1. The van der Waals surface area contributed by atoms with Gasteiger partial charge in [-0.3, -0.25) is 4.79 Å². The van der Waals surface area contributed by atoms with Gasteiger partial charge in [0.15, 0.2) is 5.78 Å². The van der Waals surface area contributed by atoms with E-state index in [1.807, 2.05) is 32.0 Å². The molecular weight excluding hydrogens is 214 g/mol. The summed E-state index contributed by atoms with van der Waals surface area (Å²) in [5.41, 5.74) is 1.81. The summed E-state index contributed by atoms with van der Waals surface area (Å²) in [6, 6.07) is 5.75. The highest BCUT2D eigenvalue weighted by Gasteiger charge is 2.30. The first-order valence-corrected chi connectivity index (χ1v) is 6.03. The van der Waals surface area contributed by atoms with Crippen LogP contribution >= 0.6 is 0 Å². The third-order valence-electron chi connectivity index (χ3n) is 3.55. The van der Waals surface area contributed by atoms with Crippen molar-refractivity contribution < 1.29 is 9.53 Å². The van der Waals surface area contributed by atoms with Crippen molar-refractivity contribution >= 4 is 5.78 Å². The monoisotopic (exact) mass is 233 g/mol. The molecular formula is C14H19NO2. The van der Waals surface area contributed by atoms with Crippen molar-refractivity contribution in [2.45, 2.75) is 13.8 Å². The maximum Gasteiger partial charge on any atom is 0.169 e. The Balaban J connectivity index is 2.25. The van der Waals surface area contributed by atoms with E-state index >= 15 is 0 Å². The molecule has 92 valence electrons. The molecule has 3 heteroatoms. The highest BCUT2D eigenvalue weighted by Crippen LogP contribution is 2.27. The van der Waals surface area contributed by atoms with Crippen LogP contribution < -0.4 is 10.1 Å². The number of carbonyl (C=O) groups is 1. The average Bonchev–Trinajstić information content (AvgIpc) is 2.25. The van der Waals surface area contributed by atoms with E-state index in [1.54, 1.807) is 7.11 Å². The van der Waals surface area contributed by atoms with Crippen LogP contribution in [0, 0.1) is 18.8 Å². The molecule has 0 aliphatic carbocycles. The number of carbonyl (C=O) groups excluding carboxylic acids is 1. The molecule has 1 aromatic carbocycles. The Hall–Kier alpha value is -1.35. The summed E-state index contributed by atoms with van der Waals surface area (Å²) in [5, 5.41) is 3.20. The topological polar surface area (TPSA) is 38.3 Å². The van der Waals surface area contributed by atoms with E-state index in [9.17, 15) is 4.79 Å². The molecule has 0 saturated carbocycles. The molecule has 1 heterocycles. The lowest BCUT2D eigenvalue weighted by molar-refractivity contribution is 0.0850. The van der Waals surface area contributed by atoms with E-state index in [4.69, 9.17) is 4.74 Å². The Labute approximate surface area is 102 Å². The maximum atomic E-state index is 12.4. The molecule has 0 bridgehead atoms. The highest BCUT2D eigenvalue weighted by molar-refractivity contribution is 6.00. The fourth-order valence-corrected chi connectivity index (χ4v) is 2.14. The Bertz CT molecular complexity index is 424. The van der Waals surface area contributed by atoms with Gasteiger partial charge in [-0.2, -0.15) is 0 Å². The molecule has 3 nitrogen and oxygen atoms in total. The van der Waals surface area contributed by atoms with E-state index in [2.05, 4.69) is 5.32 Å². The standard InChI is InChI=1S/C14H19NO2/c1-9-4-5-13(17-3)12(6-9)14(16)10(2)11-7-15-8-11/h4-6,10-11,15H,7-8H2,1-3H3. The number of hydrogen-bond acceptors (Lipinski definition) is 3. The minimum atomic E-state index is 0.0620. The number of methoxy groups -OCH3 is 1. The summed E-state index contributed by atoms with van der Waals surface area (Å²) in [6.07, 6.45) is 0. The quantitative estimate of drug-likeness (QED) is 0.809. The first kappa shape index (κ1) is 12.1. The molecule has 0 radical (unpaired) electrons. The Morgan fingerprint density at radius 3 is 2.71 bits per heavy atom. The molecule has 2 rings (SSSR count). The minimum Gasteiger partial charge on any atom is -0.496 e. The van der Waals surface area contributed by atoms with Crippen molar-refractivity contribution in [1.29, 1.82) is 0 Å². The van der Waals surface area contributed by atoms with Crippen LogP contribution in [0.5, 0.6) is 5.75 Å². The molecule has 1 saturated heterocycles. The fourth-order valence-electron chi connectivity index (χ4n) is 2.14. The summed E-state index contributed by atoms with van der Waals surface area (Å²) in [6.45, 7) is 5.89. The zero-order chi connectivity index (χ0) is 12.4. The normalized spacial score (nSPS) is 17.4. The second-order valence-corrected chi connectivity index (χ2v) is 4.77. The van der Waals surface area contributed by atoms with Gasteiger partial charge in [-0.25, -0.2) is 0 Å². The van der Waals surface area contributed by atoms with Gasteiger partial charge in [0.25, 0.3) is 0 Å². The van der Waals surface area contributed by atoms with Crippen molar-refractivity contribution in [3.05, 3.63) is 29.3 Å². The molecule has 1 unspecified atom stereocenters. The van der Waals surface area contributed by atoms with Gasteiger partial charge in [0.05, 0.1) is 12.7 Å². The SMILES string of the molecule is COc1ccc(C)cc1C(=O)C(C)C1CNC1. The third-order valence-corrected chi connectivity index (χ3v) is 3.55. The lowest BCUT2D eigenvalue weighted by atomic mass is 9.83. The predicted molar refractivity (Wildman–Crippen MR) is 67.6 cm³/mol. The van der Waals surface area contributed by atoms with Crippen LogP contribution in [0.4, 0.5) is 0 Å². The van der Waals surface area contributed by atoms with E-state index in [0.717, 1.165) is 18.7 Å². The summed E-state index contributed by atoms with van der Waals surface area (Å²) in [7, 11) is 1.61. The minimum absolute atomic E-state index is 0.0620. The molecule has 0 aromatic heterocycles. The van der Waals surface area contributed by atoms with Gasteiger partial charge in [-0.05, 0) is 38.1 Å². The molecule has 0 spiro atoms. The number of ether oxygens (including phenoxy) is 1. The maximum absolute atomic E-state index is 12.4. The number of rotatable bonds is 4. The van der Waals surface area contributed by atoms with Crippen molar-refractivity contribution in [1.82, 2.24) is 5.32 Å². The molecule has 1 fully saturated rings. The number of Topliss-reactive ketones (excluding diaryl/α,β-unsaturated/α-hetero) is 1. The van der Waals surface area contributed by atoms with E-state index in [-0.39, 0.29) is 11.7 Å². The lowest BCUT2D eigenvalue weighted by Crippen LogP contribution is -2.47. The number of aryl methyl sites for hydroxylation is 1. The molecule has 1 N–H and O–H groups in total. The summed E-state index contributed by atoms with van der Waals surface area (Å²) in [5.74, 6) is 1.40. The van der Waals surface area contributed by atoms with Gasteiger partial charge in [0.2, 0.25) is 0 Å². The molecule has 17 heavy (non-hydrogen) atoms. The highest BCUT2D eigenvalue weighted by atomic mass is 16.5. The van der Waals surface area contributed by atoms with Crippen LogP contribution in [0.3, 0.4) is 0 Å². The zero-order valence-corrected chi connectivity index (χ0v) is 10.6. The molecule has 1 aliphatic heterocycles. The Morgan fingerprint density at radius 1 is 1.47 bits per heavy atom. The van der Waals surface area contributed by atoms with Gasteiger partial charge in [0, 0.05) is 5.92 Å².